The third-order valence-electron chi connectivity index (χ3n) is 3.05. The van der Waals surface area contributed by atoms with Gasteiger partial charge in [0, 0.05) is 6.04 Å². The Bertz CT molecular complexity index is 513. The van der Waals surface area contributed by atoms with Crippen LogP contribution in [-0.2, 0) is 19.4 Å². The molecule has 0 aliphatic rings. The van der Waals surface area contributed by atoms with E-state index < -0.39 is 26.8 Å². The number of methoxy groups -OCH3 is 1. The number of hydrogen-bond donors (Lipinski definition) is 1. The highest BCUT2D eigenvalue weighted by molar-refractivity contribution is 7.92. The number of nitrogens with one attached hydrogen (secondary N) is 1. The molecule has 0 saturated heterocycles. The summed E-state index contributed by atoms with van der Waals surface area (Å²) >= 11 is 0. The standard InChI is InChI=1S/C13H19NO4S/c1-10(19(16,17)9-12(15)18-3)13(14-2)11-7-5-4-6-8-11/h4-8,10,13-14H,9H2,1-3H3. The van der Waals surface area contributed by atoms with Crippen molar-refractivity contribution < 1.29 is 17.9 Å². The second-order valence-electron chi connectivity index (χ2n) is 4.27. The van der Waals surface area contributed by atoms with Crippen molar-refractivity contribution in [1.29, 1.82) is 0 Å². The molecule has 19 heavy (non-hydrogen) atoms. The van der Waals surface area contributed by atoms with Crippen LogP contribution in [0.15, 0.2) is 30.3 Å². The summed E-state index contributed by atoms with van der Waals surface area (Å²) in [4.78, 5) is 11.2. The summed E-state index contributed by atoms with van der Waals surface area (Å²) in [6.45, 7) is 1.59. The number of esters is 1. The van der Waals surface area contributed by atoms with Crippen LogP contribution in [0.1, 0.15) is 18.5 Å². The first kappa shape index (κ1) is 15.7. The number of hydrogen-bond acceptors (Lipinski definition) is 5. The first-order chi connectivity index (χ1) is 8.92. The zero-order valence-corrected chi connectivity index (χ0v) is 12.1. The summed E-state index contributed by atoms with van der Waals surface area (Å²) in [5.74, 6) is -1.34. The van der Waals surface area contributed by atoms with Gasteiger partial charge in [-0.2, -0.15) is 0 Å². The summed E-state index contributed by atoms with van der Waals surface area (Å²) in [6, 6.07) is 8.90. The molecule has 106 valence electrons. The van der Waals surface area contributed by atoms with Crippen molar-refractivity contribution in [2.24, 2.45) is 0 Å². The average Bonchev–Trinajstić information content (AvgIpc) is 2.40. The van der Waals surface area contributed by atoms with E-state index >= 15 is 0 Å². The van der Waals surface area contributed by atoms with E-state index in [4.69, 9.17) is 0 Å². The van der Waals surface area contributed by atoms with Gasteiger partial charge in [0.05, 0.1) is 12.4 Å². The van der Waals surface area contributed by atoms with Gasteiger partial charge in [0.1, 0.15) is 5.75 Å². The predicted molar refractivity (Wildman–Crippen MR) is 73.5 cm³/mol. The largest absolute Gasteiger partial charge is 0.468 e. The molecule has 0 aliphatic carbocycles. The SMILES string of the molecule is CNC(c1ccccc1)C(C)S(=O)(=O)CC(=O)OC. The van der Waals surface area contributed by atoms with Crippen LogP contribution in [0, 0.1) is 0 Å². The number of carbonyl (C=O) groups is 1. The van der Waals surface area contributed by atoms with E-state index in [0.717, 1.165) is 5.56 Å². The molecule has 0 aliphatic heterocycles. The molecule has 0 spiro atoms. The van der Waals surface area contributed by atoms with Crippen LogP contribution in [0.5, 0.6) is 0 Å². The van der Waals surface area contributed by atoms with Crippen LogP contribution in [0.4, 0.5) is 0 Å². The molecule has 1 aromatic rings. The fourth-order valence-corrected chi connectivity index (χ4v) is 3.31. The molecule has 1 aromatic carbocycles. The van der Waals surface area contributed by atoms with Gasteiger partial charge >= 0.3 is 5.97 Å². The minimum absolute atomic E-state index is 0.365. The number of carbonyl (C=O) groups excluding carboxylic acids is 1. The smallest absolute Gasteiger partial charge is 0.320 e. The molecule has 1 rings (SSSR count). The van der Waals surface area contributed by atoms with E-state index in [1.807, 2.05) is 30.3 Å². The van der Waals surface area contributed by atoms with Crippen molar-refractivity contribution in [3.8, 4) is 0 Å². The maximum absolute atomic E-state index is 12.1. The fraction of sp³-hybridized carbons (Fsp3) is 0.462. The molecule has 0 heterocycles. The first-order valence-electron chi connectivity index (χ1n) is 5.93. The van der Waals surface area contributed by atoms with Crippen molar-refractivity contribution in [2.75, 3.05) is 19.9 Å². The van der Waals surface area contributed by atoms with Gasteiger partial charge in [0.25, 0.3) is 0 Å². The maximum Gasteiger partial charge on any atom is 0.320 e. The summed E-state index contributed by atoms with van der Waals surface area (Å²) in [5.41, 5.74) is 0.867. The lowest BCUT2D eigenvalue weighted by atomic mass is 10.0. The van der Waals surface area contributed by atoms with Crippen molar-refractivity contribution in [2.45, 2.75) is 18.2 Å². The van der Waals surface area contributed by atoms with E-state index in [2.05, 4.69) is 10.1 Å². The Hall–Kier alpha value is -1.40. The van der Waals surface area contributed by atoms with Crippen LogP contribution in [0.2, 0.25) is 0 Å². The zero-order valence-electron chi connectivity index (χ0n) is 11.3. The highest BCUT2D eigenvalue weighted by Crippen LogP contribution is 2.22. The fourth-order valence-electron chi connectivity index (χ4n) is 1.89. The monoisotopic (exact) mass is 285 g/mol. The van der Waals surface area contributed by atoms with E-state index in [-0.39, 0.29) is 6.04 Å². The second kappa shape index (κ2) is 6.68. The van der Waals surface area contributed by atoms with E-state index in [1.165, 1.54) is 7.11 Å². The second-order valence-corrected chi connectivity index (χ2v) is 6.62. The van der Waals surface area contributed by atoms with Crippen molar-refractivity contribution >= 4 is 15.8 Å². The van der Waals surface area contributed by atoms with Crippen LogP contribution >= 0.6 is 0 Å². The Balaban J connectivity index is 2.96. The lowest BCUT2D eigenvalue weighted by Gasteiger charge is -2.23. The number of rotatable bonds is 6. The summed E-state index contributed by atoms with van der Waals surface area (Å²) < 4.78 is 28.7. The molecule has 0 fully saturated rings. The zero-order chi connectivity index (χ0) is 14.5. The summed E-state index contributed by atoms with van der Waals surface area (Å²) in [5, 5.41) is 2.26. The third-order valence-corrected chi connectivity index (χ3v) is 5.10. The Morgan fingerprint density at radius 1 is 1.32 bits per heavy atom. The van der Waals surface area contributed by atoms with Crippen molar-refractivity contribution in [1.82, 2.24) is 5.32 Å². The summed E-state index contributed by atoms with van der Waals surface area (Å²) in [6.07, 6.45) is 0. The molecule has 2 atom stereocenters. The Kier molecular flexibility index (Phi) is 5.50. The Morgan fingerprint density at radius 2 is 1.89 bits per heavy atom. The van der Waals surface area contributed by atoms with Crippen molar-refractivity contribution in [3.63, 3.8) is 0 Å². The van der Waals surface area contributed by atoms with Crippen LogP contribution < -0.4 is 5.32 Å². The van der Waals surface area contributed by atoms with Gasteiger partial charge in [-0.15, -0.1) is 0 Å². The van der Waals surface area contributed by atoms with Crippen LogP contribution in [-0.4, -0.2) is 39.5 Å². The van der Waals surface area contributed by atoms with E-state index in [1.54, 1.807) is 14.0 Å². The molecule has 0 bridgehead atoms. The molecule has 1 N–H and O–H groups in total. The highest BCUT2D eigenvalue weighted by Gasteiger charge is 2.31. The van der Waals surface area contributed by atoms with Gasteiger partial charge in [0.2, 0.25) is 0 Å². The first-order valence-corrected chi connectivity index (χ1v) is 7.64. The topological polar surface area (TPSA) is 72.5 Å². The maximum atomic E-state index is 12.1. The molecule has 5 nitrogen and oxygen atoms in total. The van der Waals surface area contributed by atoms with Gasteiger partial charge in [0.15, 0.2) is 9.84 Å². The summed E-state index contributed by atoms with van der Waals surface area (Å²) in [7, 11) is -0.696. The number of benzene rings is 1. The lowest BCUT2D eigenvalue weighted by molar-refractivity contribution is -0.137. The third kappa shape index (κ3) is 4.04. The Labute approximate surface area is 113 Å². The van der Waals surface area contributed by atoms with Crippen LogP contribution in [0.3, 0.4) is 0 Å². The van der Waals surface area contributed by atoms with Gasteiger partial charge < -0.3 is 10.1 Å². The van der Waals surface area contributed by atoms with E-state index in [9.17, 15) is 13.2 Å². The lowest BCUT2D eigenvalue weighted by Crippen LogP contribution is -2.36. The highest BCUT2D eigenvalue weighted by atomic mass is 32.2. The molecule has 6 heteroatoms. The Morgan fingerprint density at radius 3 is 2.37 bits per heavy atom. The quantitative estimate of drug-likeness (QED) is 0.787. The number of sulfone groups is 1. The average molecular weight is 285 g/mol. The van der Waals surface area contributed by atoms with Gasteiger partial charge in [-0.05, 0) is 19.5 Å². The predicted octanol–water partition coefficient (Wildman–Crippen LogP) is 0.923. The minimum atomic E-state index is -3.57. The van der Waals surface area contributed by atoms with Gasteiger partial charge in [-0.1, -0.05) is 30.3 Å². The van der Waals surface area contributed by atoms with Gasteiger partial charge in [-0.25, -0.2) is 8.42 Å². The van der Waals surface area contributed by atoms with Crippen molar-refractivity contribution in [3.05, 3.63) is 35.9 Å². The normalized spacial score (nSPS) is 14.7. The molecule has 0 radical (unpaired) electrons. The van der Waals surface area contributed by atoms with Gasteiger partial charge in [-0.3, -0.25) is 4.79 Å². The molecular formula is C13H19NO4S. The van der Waals surface area contributed by atoms with E-state index in [0.29, 0.717) is 0 Å². The molecule has 0 amide bonds. The van der Waals surface area contributed by atoms with Crippen LogP contribution in [0.25, 0.3) is 0 Å². The molecule has 0 saturated carbocycles. The molecule has 2 unspecified atom stereocenters. The molecule has 0 aromatic heterocycles. The number of ether oxygens (including phenoxy) is 1. The minimum Gasteiger partial charge on any atom is -0.468 e. The molecular weight excluding hydrogens is 266 g/mol.